The number of carbonyl (C=O) groups excluding carboxylic acids is 1. The lowest BCUT2D eigenvalue weighted by Gasteiger charge is -2.34. The number of aliphatic imine (C=N–C) groups is 1. The summed E-state index contributed by atoms with van der Waals surface area (Å²) in [7, 11) is 1.80. The summed E-state index contributed by atoms with van der Waals surface area (Å²) in [5.74, 6) is 1.12. The number of likely N-dealkylation sites (tertiary alicyclic amines) is 1. The van der Waals surface area contributed by atoms with Gasteiger partial charge in [0.1, 0.15) is 0 Å². The molecule has 3 N–H and O–H groups in total. The predicted octanol–water partition coefficient (Wildman–Crippen LogP) is 1.18. The number of hydrogen-bond donors (Lipinski definition) is 2. The summed E-state index contributed by atoms with van der Waals surface area (Å²) in [6.07, 6.45) is 3.76. The summed E-state index contributed by atoms with van der Waals surface area (Å²) in [6.45, 7) is 4.96. The number of nitrogens with zero attached hydrogens (tertiary/aromatic N) is 2. The number of halogens is 1. The predicted molar refractivity (Wildman–Crippen MR) is 85.2 cm³/mol. The van der Waals surface area contributed by atoms with E-state index in [0.717, 1.165) is 44.9 Å². The molecule has 6 heteroatoms. The molecule has 1 heterocycles. The zero-order valence-electron chi connectivity index (χ0n) is 11.3. The van der Waals surface area contributed by atoms with Gasteiger partial charge in [0.2, 0.25) is 5.91 Å². The third-order valence-corrected chi connectivity index (χ3v) is 3.05. The van der Waals surface area contributed by atoms with E-state index >= 15 is 0 Å². The molecule has 0 bridgehead atoms. The van der Waals surface area contributed by atoms with E-state index in [4.69, 9.17) is 5.73 Å². The number of rotatable bonds is 4. The summed E-state index contributed by atoms with van der Waals surface area (Å²) in [5.41, 5.74) is 5.25. The van der Waals surface area contributed by atoms with Crippen molar-refractivity contribution >= 4 is 35.8 Å². The lowest BCUT2D eigenvalue weighted by Crippen LogP contribution is -2.47. The molecule has 1 aliphatic heterocycles. The van der Waals surface area contributed by atoms with Crippen LogP contribution in [-0.2, 0) is 4.79 Å². The van der Waals surface area contributed by atoms with E-state index in [2.05, 4.69) is 22.1 Å². The largest absolute Gasteiger partial charge is 0.370 e. The van der Waals surface area contributed by atoms with Crippen molar-refractivity contribution in [1.29, 1.82) is 0 Å². The van der Waals surface area contributed by atoms with Gasteiger partial charge in [-0.05, 0) is 25.2 Å². The highest BCUT2D eigenvalue weighted by Crippen LogP contribution is 2.19. The van der Waals surface area contributed by atoms with Gasteiger partial charge in [-0.1, -0.05) is 6.92 Å². The number of guanidine groups is 1. The van der Waals surface area contributed by atoms with Crippen molar-refractivity contribution in [2.75, 3.05) is 26.7 Å². The number of carbonyl (C=O) groups is 1. The number of hydrogen-bond acceptors (Lipinski definition) is 2. The Balaban J connectivity index is 0.00000289. The molecule has 1 atom stereocenters. The summed E-state index contributed by atoms with van der Waals surface area (Å²) < 4.78 is 0. The Hall–Kier alpha value is -0.530. The van der Waals surface area contributed by atoms with Gasteiger partial charge in [-0.2, -0.15) is 0 Å². The maximum absolute atomic E-state index is 10.9. The van der Waals surface area contributed by atoms with Crippen LogP contribution >= 0.6 is 24.0 Å². The highest BCUT2D eigenvalue weighted by Gasteiger charge is 2.23. The third-order valence-electron chi connectivity index (χ3n) is 3.05. The number of nitrogens with one attached hydrogen (secondary N) is 1. The van der Waals surface area contributed by atoms with Gasteiger partial charge in [-0.3, -0.25) is 9.79 Å². The summed E-state index contributed by atoms with van der Waals surface area (Å²) in [5, 5.41) is 3.32. The fraction of sp³-hybridized carbons (Fsp3) is 0.833. The Morgan fingerprint density at radius 3 is 2.83 bits per heavy atom. The fourth-order valence-corrected chi connectivity index (χ4v) is 2.28. The van der Waals surface area contributed by atoms with Gasteiger partial charge >= 0.3 is 0 Å². The maximum atomic E-state index is 10.9. The highest BCUT2D eigenvalue weighted by atomic mass is 127. The van der Waals surface area contributed by atoms with Crippen molar-refractivity contribution in [1.82, 2.24) is 10.2 Å². The molecule has 1 rings (SSSR count). The molecule has 106 valence electrons. The molecule has 1 saturated heterocycles. The van der Waals surface area contributed by atoms with Crippen LogP contribution in [0.5, 0.6) is 0 Å². The van der Waals surface area contributed by atoms with Crippen LogP contribution in [0, 0.1) is 5.92 Å². The molecule has 0 saturated carbocycles. The Bertz CT molecular complexity index is 283. The molecule has 0 aromatic rings. The summed E-state index contributed by atoms with van der Waals surface area (Å²) in [6, 6.07) is 0. The first-order valence-electron chi connectivity index (χ1n) is 6.41. The molecule has 0 aromatic heterocycles. The summed E-state index contributed by atoms with van der Waals surface area (Å²) in [4.78, 5) is 17.5. The van der Waals surface area contributed by atoms with Gasteiger partial charge in [-0.25, -0.2) is 0 Å². The Labute approximate surface area is 127 Å². The van der Waals surface area contributed by atoms with Crippen molar-refractivity contribution < 1.29 is 4.79 Å². The monoisotopic (exact) mass is 368 g/mol. The van der Waals surface area contributed by atoms with E-state index in [9.17, 15) is 4.79 Å². The van der Waals surface area contributed by atoms with Crippen LogP contribution in [0.1, 0.15) is 32.6 Å². The number of primary amides is 1. The van der Waals surface area contributed by atoms with Crippen molar-refractivity contribution in [3.63, 3.8) is 0 Å². The first kappa shape index (κ1) is 17.5. The van der Waals surface area contributed by atoms with E-state index < -0.39 is 0 Å². The molecule has 1 aliphatic rings. The standard InChI is InChI=1S/C12H24N4O.HI/c1-3-6-15-12(14-2)16-7-4-5-10(9-16)8-11(13)17;/h10H,3-9H2,1-2H3,(H2,13,17)(H,14,15);1H. The molecule has 5 nitrogen and oxygen atoms in total. The average molecular weight is 368 g/mol. The topological polar surface area (TPSA) is 70.7 Å². The second-order valence-corrected chi connectivity index (χ2v) is 4.60. The normalized spacial score (nSPS) is 20.2. The molecule has 1 fully saturated rings. The minimum absolute atomic E-state index is 0. The molecule has 0 spiro atoms. The average Bonchev–Trinajstić information content (AvgIpc) is 2.30. The van der Waals surface area contributed by atoms with Crippen LogP contribution < -0.4 is 11.1 Å². The van der Waals surface area contributed by atoms with E-state index in [1.165, 1.54) is 0 Å². The third kappa shape index (κ3) is 5.88. The molecular formula is C12H25IN4O. The molecule has 0 radical (unpaired) electrons. The number of nitrogens with two attached hydrogens (primary N) is 1. The van der Waals surface area contributed by atoms with Crippen molar-refractivity contribution in [2.24, 2.45) is 16.6 Å². The van der Waals surface area contributed by atoms with Gasteiger partial charge in [0.15, 0.2) is 5.96 Å². The van der Waals surface area contributed by atoms with Crippen LogP contribution in [0.3, 0.4) is 0 Å². The van der Waals surface area contributed by atoms with E-state index in [0.29, 0.717) is 12.3 Å². The van der Waals surface area contributed by atoms with E-state index in [-0.39, 0.29) is 29.9 Å². The molecule has 18 heavy (non-hydrogen) atoms. The maximum Gasteiger partial charge on any atom is 0.217 e. The summed E-state index contributed by atoms with van der Waals surface area (Å²) >= 11 is 0. The Morgan fingerprint density at radius 1 is 1.56 bits per heavy atom. The Kier molecular flexibility index (Phi) is 9.13. The van der Waals surface area contributed by atoms with Crippen LogP contribution in [-0.4, -0.2) is 43.4 Å². The van der Waals surface area contributed by atoms with Crippen molar-refractivity contribution in [3.05, 3.63) is 0 Å². The molecule has 0 aliphatic carbocycles. The SMILES string of the molecule is CCCNC(=NC)N1CCCC(CC(N)=O)C1.I. The Morgan fingerprint density at radius 2 is 2.28 bits per heavy atom. The lowest BCUT2D eigenvalue weighted by atomic mass is 9.95. The second kappa shape index (κ2) is 9.41. The molecule has 1 amide bonds. The minimum atomic E-state index is -0.201. The van der Waals surface area contributed by atoms with Gasteiger partial charge in [-0.15, -0.1) is 24.0 Å². The van der Waals surface area contributed by atoms with Crippen LogP contribution in [0.4, 0.5) is 0 Å². The highest BCUT2D eigenvalue weighted by molar-refractivity contribution is 14.0. The second-order valence-electron chi connectivity index (χ2n) is 4.60. The number of amides is 1. The van der Waals surface area contributed by atoms with Gasteiger partial charge in [0.05, 0.1) is 0 Å². The quantitative estimate of drug-likeness (QED) is 0.445. The van der Waals surface area contributed by atoms with Gasteiger partial charge in [0.25, 0.3) is 0 Å². The zero-order valence-corrected chi connectivity index (χ0v) is 13.6. The van der Waals surface area contributed by atoms with Crippen molar-refractivity contribution in [3.8, 4) is 0 Å². The van der Waals surface area contributed by atoms with E-state index in [1.54, 1.807) is 7.05 Å². The minimum Gasteiger partial charge on any atom is -0.370 e. The molecular weight excluding hydrogens is 343 g/mol. The zero-order chi connectivity index (χ0) is 12.7. The van der Waals surface area contributed by atoms with Crippen LogP contribution in [0.2, 0.25) is 0 Å². The fourth-order valence-electron chi connectivity index (χ4n) is 2.28. The first-order valence-corrected chi connectivity index (χ1v) is 6.41. The number of piperidine rings is 1. The molecule has 0 aromatic carbocycles. The molecule has 1 unspecified atom stereocenters. The van der Waals surface area contributed by atoms with Crippen LogP contribution in [0.15, 0.2) is 4.99 Å². The van der Waals surface area contributed by atoms with Crippen molar-refractivity contribution in [2.45, 2.75) is 32.6 Å². The smallest absolute Gasteiger partial charge is 0.217 e. The van der Waals surface area contributed by atoms with Crippen LogP contribution in [0.25, 0.3) is 0 Å². The van der Waals surface area contributed by atoms with E-state index in [1.807, 2.05) is 0 Å². The van der Waals surface area contributed by atoms with Gasteiger partial charge < -0.3 is 16.0 Å². The first-order chi connectivity index (χ1) is 8.17. The van der Waals surface area contributed by atoms with Gasteiger partial charge in [0, 0.05) is 33.1 Å². The lowest BCUT2D eigenvalue weighted by molar-refractivity contribution is -0.119.